The van der Waals surface area contributed by atoms with Crippen molar-refractivity contribution < 1.29 is 0 Å². The maximum atomic E-state index is 4.56. The minimum Gasteiger partial charge on any atom is -0.291 e. The van der Waals surface area contributed by atoms with Gasteiger partial charge in [-0.2, -0.15) is 0 Å². The molecule has 3 rings (SSSR count). The second-order valence-electron chi connectivity index (χ2n) is 4.09. The lowest BCUT2D eigenvalue weighted by molar-refractivity contribution is 0.300. The largest absolute Gasteiger partial charge is 0.291 e. The van der Waals surface area contributed by atoms with E-state index >= 15 is 0 Å². The summed E-state index contributed by atoms with van der Waals surface area (Å²) >= 11 is 0. The number of benzene rings is 1. The van der Waals surface area contributed by atoms with Crippen LogP contribution in [0.2, 0.25) is 0 Å². The number of hydrogen-bond acceptors (Lipinski definition) is 2. The van der Waals surface area contributed by atoms with E-state index in [1.807, 2.05) is 0 Å². The van der Waals surface area contributed by atoms with E-state index in [4.69, 9.17) is 0 Å². The third kappa shape index (κ3) is 1.26. The second-order valence-corrected chi connectivity index (χ2v) is 4.09. The second kappa shape index (κ2) is 3.21. The third-order valence-corrected chi connectivity index (χ3v) is 3.16. The van der Waals surface area contributed by atoms with Gasteiger partial charge >= 0.3 is 0 Å². The molecule has 1 aromatic carbocycles. The highest BCUT2D eigenvalue weighted by atomic mass is 15.2. The standard InChI is InChI=1S/C12H14N2/c1-2-6-12-10(4-1)9-14-7-3-5-11(14)8-13-12/h1-2,4,6,8,11H,3,5,7,9H2/t11-/m0/s1. The lowest BCUT2D eigenvalue weighted by Gasteiger charge is -2.18. The van der Waals surface area contributed by atoms with Crippen molar-refractivity contribution in [1.82, 2.24) is 4.90 Å². The number of hydrogen-bond donors (Lipinski definition) is 0. The molecule has 2 aliphatic heterocycles. The van der Waals surface area contributed by atoms with Crippen LogP contribution in [-0.4, -0.2) is 23.7 Å². The maximum Gasteiger partial charge on any atom is 0.0671 e. The molecule has 2 heteroatoms. The van der Waals surface area contributed by atoms with Crippen molar-refractivity contribution in [2.75, 3.05) is 6.54 Å². The fourth-order valence-corrected chi connectivity index (χ4v) is 2.37. The summed E-state index contributed by atoms with van der Waals surface area (Å²) in [5.41, 5.74) is 2.52. The van der Waals surface area contributed by atoms with E-state index in [-0.39, 0.29) is 0 Å². The molecule has 2 aliphatic rings. The molecule has 0 aromatic heterocycles. The quantitative estimate of drug-likeness (QED) is 0.607. The van der Waals surface area contributed by atoms with Crippen LogP contribution >= 0.6 is 0 Å². The molecule has 1 fully saturated rings. The first-order valence-corrected chi connectivity index (χ1v) is 5.29. The Hall–Kier alpha value is -1.15. The Kier molecular flexibility index (Phi) is 1.88. The van der Waals surface area contributed by atoms with Crippen LogP contribution in [-0.2, 0) is 6.54 Å². The van der Waals surface area contributed by atoms with Crippen LogP contribution in [0.25, 0.3) is 0 Å². The molecule has 2 heterocycles. The van der Waals surface area contributed by atoms with Crippen LogP contribution in [0, 0.1) is 0 Å². The number of rotatable bonds is 0. The molecule has 0 saturated carbocycles. The zero-order chi connectivity index (χ0) is 9.38. The number of para-hydroxylation sites is 1. The topological polar surface area (TPSA) is 15.6 Å². The SMILES string of the molecule is C1=Nc2ccccc2CN2CCC[C@@H]12. The highest BCUT2D eigenvalue weighted by Gasteiger charge is 2.25. The van der Waals surface area contributed by atoms with Gasteiger partial charge in [0.15, 0.2) is 0 Å². The predicted octanol–water partition coefficient (Wildman–Crippen LogP) is 2.37. The Morgan fingerprint density at radius 2 is 2.21 bits per heavy atom. The van der Waals surface area contributed by atoms with Gasteiger partial charge in [0, 0.05) is 18.8 Å². The third-order valence-electron chi connectivity index (χ3n) is 3.16. The molecule has 2 nitrogen and oxygen atoms in total. The van der Waals surface area contributed by atoms with Crippen LogP contribution in [0.5, 0.6) is 0 Å². The molecule has 1 aromatic rings. The summed E-state index contributed by atoms with van der Waals surface area (Å²) in [6.45, 7) is 2.30. The monoisotopic (exact) mass is 186 g/mol. The van der Waals surface area contributed by atoms with E-state index in [2.05, 4.69) is 40.4 Å². The minimum absolute atomic E-state index is 0.586. The van der Waals surface area contributed by atoms with Crippen molar-refractivity contribution in [3.63, 3.8) is 0 Å². The molecule has 0 unspecified atom stereocenters. The number of fused-ring (bicyclic) bond motifs is 2. The van der Waals surface area contributed by atoms with E-state index in [0.717, 1.165) is 12.2 Å². The molecule has 0 aliphatic carbocycles. The molecule has 0 bridgehead atoms. The molecule has 0 radical (unpaired) electrons. The average Bonchev–Trinajstić information content (AvgIpc) is 2.58. The van der Waals surface area contributed by atoms with Gasteiger partial charge in [0.05, 0.1) is 5.69 Å². The molecule has 14 heavy (non-hydrogen) atoms. The van der Waals surface area contributed by atoms with E-state index in [1.165, 1.54) is 24.9 Å². The predicted molar refractivity (Wildman–Crippen MR) is 58.0 cm³/mol. The average molecular weight is 186 g/mol. The summed E-state index contributed by atoms with van der Waals surface area (Å²) in [6.07, 6.45) is 4.72. The fraction of sp³-hybridized carbons (Fsp3) is 0.417. The zero-order valence-electron chi connectivity index (χ0n) is 8.19. The van der Waals surface area contributed by atoms with Crippen LogP contribution in [0.3, 0.4) is 0 Å². The molecular weight excluding hydrogens is 172 g/mol. The molecule has 0 N–H and O–H groups in total. The number of nitrogens with zero attached hydrogens (tertiary/aromatic N) is 2. The minimum atomic E-state index is 0.586. The first kappa shape index (κ1) is 8.18. The van der Waals surface area contributed by atoms with Gasteiger partial charge < -0.3 is 0 Å². The lowest BCUT2D eigenvalue weighted by Crippen LogP contribution is -2.28. The number of aliphatic imine (C=N–C) groups is 1. The molecule has 1 atom stereocenters. The van der Waals surface area contributed by atoms with Crippen molar-refractivity contribution in [2.24, 2.45) is 4.99 Å². The zero-order valence-corrected chi connectivity index (χ0v) is 8.19. The lowest BCUT2D eigenvalue weighted by atomic mass is 10.2. The molecule has 72 valence electrons. The van der Waals surface area contributed by atoms with E-state index in [1.54, 1.807) is 0 Å². The molecule has 0 spiro atoms. The molecular formula is C12H14N2. The van der Waals surface area contributed by atoms with Crippen LogP contribution in [0.1, 0.15) is 18.4 Å². The highest BCUT2D eigenvalue weighted by molar-refractivity contribution is 5.71. The van der Waals surface area contributed by atoms with Gasteiger partial charge in [-0.25, -0.2) is 0 Å². The van der Waals surface area contributed by atoms with Crippen molar-refractivity contribution in [3.05, 3.63) is 29.8 Å². The first-order chi connectivity index (χ1) is 6.93. The Balaban J connectivity index is 2.01. The fourth-order valence-electron chi connectivity index (χ4n) is 2.37. The van der Waals surface area contributed by atoms with Crippen molar-refractivity contribution in [3.8, 4) is 0 Å². The summed E-state index contributed by atoms with van der Waals surface area (Å²) in [5.74, 6) is 0. The van der Waals surface area contributed by atoms with Gasteiger partial charge in [0.1, 0.15) is 0 Å². The smallest absolute Gasteiger partial charge is 0.0671 e. The van der Waals surface area contributed by atoms with Gasteiger partial charge in [0.2, 0.25) is 0 Å². The molecule has 1 saturated heterocycles. The van der Waals surface area contributed by atoms with Gasteiger partial charge in [-0.05, 0) is 31.0 Å². The summed E-state index contributed by atoms with van der Waals surface area (Å²) in [6, 6.07) is 9.04. The Bertz CT molecular complexity index is 370. The highest BCUT2D eigenvalue weighted by Crippen LogP contribution is 2.27. The normalized spacial score (nSPS) is 25.6. The van der Waals surface area contributed by atoms with Gasteiger partial charge in [0.25, 0.3) is 0 Å². The van der Waals surface area contributed by atoms with Gasteiger partial charge in [-0.15, -0.1) is 0 Å². The first-order valence-electron chi connectivity index (χ1n) is 5.29. The summed E-state index contributed by atoms with van der Waals surface area (Å²) < 4.78 is 0. The van der Waals surface area contributed by atoms with E-state index in [9.17, 15) is 0 Å². The van der Waals surface area contributed by atoms with E-state index < -0.39 is 0 Å². The van der Waals surface area contributed by atoms with E-state index in [0.29, 0.717) is 6.04 Å². The Morgan fingerprint density at radius 1 is 1.29 bits per heavy atom. The van der Waals surface area contributed by atoms with Crippen molar-refractivity contribution >= 4 is 11.9 Å². The summed E-state index contributed by atoms with van der Waals surface area (Å²) in [4.78, 5) is 7.09. The van der Waals surface area contributed by atoms with Crippen molar-refractivity contribution in [1.29, 1.82) is 0 Å². The van der Waals surface area contributed by atoms with Crippen LogP contribution < -0.4 is 0 Å². The van der Waals surface area contributed by atoms with Crippen LogP contribution in [0.15, 0.2) is 29.3 Å². The van der Waals surface area contributed by atoms with Crippen LogP contribution in [0.4, 0.5) is 5.69 Å². The van der Waals surface area contributed by atoms with Crippen molar-refractivity contribution in [2.45, 2.75) is 25.4 Å². The Morgan fingerprint density at radius 3 is 3.21 bits per heavy atom. The maximum absolute atomic E-state index is 4.56. The van der Waals surface area contributed by atoms with Gasteiger partial charge in [-0.1, -0.05) is 18.2 Å². The molecule has 0 amide bonds. The Labute approximate surface area is 84.3 Å². The van der Waals surface area contributed by atoms with Gasteiger partial charge in [-0.3, -0.25) is 9.89 Å². The summed E-state index contributed by atoms with van der Waals surface area (Å²) in [7, 11) is 0. The summed E-state index contributed by atoms with van der Waals surface area (Å²) in [5, 5.41) is 0.